The van der Waals surface area contributed by atoms with Gasteiger partial charge >= 0.3 is 5.69 Å². The van der Waals surface area contributed by atoms with Crippen molar-refractivity contribution in [2.45, 2.75) is 38.5 Å². The first-order valence-electron chi connectivity index (χ1n) is 9.29. The molecule has 1 N–H and O–H groups in total. The largest absolute Gasteiger partial charge is 0.343 e. The third-order valence-corrected chi connectivity index (χ3v) is 5.54. The number of carbonyl (C=O) groups is 2. The van der Waals surface area contributed by atoms with Gasteiger partial charge in [0.25, 0.3) is 5.56 Å². The van der Waals surface area contributed by atoms with Crippen molar-refractivity contribution in [2.75, 3.05) is 26.2 Å². The van der Waals surface area contributed by atoms with E-state index in [0.717, 1.165) is 43.3 Å². The number of hydrogen-bond donors (Lipinski definition) is 1. The molecule has 8 heteroatoms. The van der Waals surface area contributed by atoms with Crippen molar-refractivity contribution in [3.05, 3.63) is 32.6 Å². The maximum atomic E-state index is 12.5. The van der Waals surface area contributed by atoms with Gasteiger partial charge in [0.05, 0.1) is 6.42 Å². The van der Waals surface area contributed by atoms with Crippen LogP contribution in [0.4, 0.5) is 0 Å². The smallest absolute Gasteiger partial charge is 0.328 e. The number of H-pyrrole nitrogens is 1. The van der Waals surface area contributed by atoms with Crippen LogP contribution in [0.25, 0.3) is 0 Å². The third-order valence-electron chi connectivity index (χ3n) is 5.54. The van der Waals surface area contributed by atoms with E-state index in [-0.39, 0.29) is 18.2 Å². The standard InChI is InChI=1S/C18H26N4O4/c1-20-17(25)14(12-19-18(20)26)11-16(24)22-9-5-13(6-10-22)4-8-21-7-2-3-15(21)23/h12-13H,2-11H2,1H3,(H,19,26). The summed E-state index contributed by atoms with van der Waals surface area (Å²) in [5.74, 6) is 0.718. The van der Waals surface area contributed by atoms with Crippen LogP contribution in [0.5, 0.6) is 0 Å². The van der Waals surface area contributed by atoms with E-state index in [1.165, 1.54) is 13.2 Å². The second-order valence-corrected chi connectivity index (χ2v) is 7.26. The Hall–Kier alpha value is -2.38. The summed E-state index contributed by atoms with van der Waals surface area (Å²) in [6, 6.07) is 0. The van der Waals surface area contributed by atoms with E-state index in [4.69, 9.17) is 0 Å². The van der Waals surface area contributed by atoms with Crippen molar-refractivity contribution in [1.82, 2.24) is 19.4 Å². The maximum Gasteiger partial charge on any atom is 0.328 e. The molecule has 2 aliphatic rings. The normalized spacial score (nSPS) is 18.6. The number of nitrogens with zero attached hydrogens (tertiary/aromatic N) is 3. The zero-order valence-corrected chi connectivity index (χ0v) is 15.2. The minimum atomic E-state index is -0.483. The first-order valence-corrected chi connectivity index (χ1v) is 9.29. The number of piperidine rings is 1. The molecule has 0 aromatic carbocycles. The van der Waals surface area contributed by atoms with E-state index < -0.39 is 11.2 Å². The maximum absolute atomic E-state index is 12.5. The van der Waals surface area contributed by atoms with Crippen LogP contribution in [0, 0.1) is 5.92 Å². The molecule has 142 valence electrons. The molecule has 2 saturated heterocycles. The van der Waals surface area contributed by atoms with E-state index in [1.807, 2.05) is 4.90 Å². The monoisotopic (exact) mass is 362 g/mol. The molecule has 3 heterocycles. The third kappa shape index (κ3) is 4.05. The Morgan fingerprint density at radius 3 is 2.58 bits per heavy atom. The number of carbonyl (C=O) groups excluding carboxylic acids is 2. The number of nitrogens with one attached hydrogen (secondary N) is 1. The Morgan fingerprint density at radius 1 is 1.19 bits per heavy atom. The Kier molecular flexibility index (Phi) is 5.58. The van der Waals surface area contributed by atoms with E-state index in [0.29, 0.717) is 31.0 Å². The van der Waals surface area contributed by atoms with Crippen LogP contribution in [-0.2, 0) is 23.1 Å². The molecule has 0 unspecified atom stereocenters. The number of aromatic nitrogens is 2. The van der Waals surface area contributed by atoms with E-state index in [9.17, 15) is 19.2 Å². The van der Waals surface area contributed by atoms with Gasteiger partial charge in [-0.15, -0.1) is 0 Å². The molecule has 1 aromatic rings. The lowest BCUT2D eigenvalue weighted by Gasteiger charge is -2.32. The fraction of sp³-hybridized carbons (Fsp3) is 0.667. The van der Waals surface area contributed by atoms with E-state index in [1.54, 1.807) is 4.90 Å². The van der Waals surface area contributed by atoms with Crippen molar-refractivity contribution in [2.24, 2.45) is 13.0 Å². The van der Waals surface area contributed by atoms with Gasteiger partial charge in [-0.05, 0) is 31.6 Å². The molecule has 26 heavy (non-hydrogen) atoms. The summed E-state index contributed by atoms with van der Waals surface area (Å²) >= 11 is 0. The molecule has 1 aromatic heterocycles. The van der Waals surface area contributed by atoms with Crippen LogP contribution in [0.15, 0.2) is 15.8 Å². The van der Waals surface area contributed by atoms with Gasteiger partial charge in [0.15, 0.2) is 0 Å². The highest BCUT2D eigenvalue weighted by molar-refractivity contribution is 5.78. The molecule has 8 nitrogen and oxygen atoms in total. The Labute approximate surface area is 151 Å². The second kappa shape index (κ2) is 7.88. The highest BCUT2D eigenvalue weighted by Gasteiger charge is 2.25. The number of rotatable bonds is 5. The van der Waals surface area contributed by atoms with E-state index >= 15 is 0 Å². The Morgan fingerprint density at radius 2 is 1.92 bits per heavy atom. The molecule has 0 aliphatic carbocycles. The fourth-order valence-electron chi connectivity index (χ4n) is 3.77. The van der Waals surface area contributed by atoms with Crippen LogP contribution in [0.2, 0.25) is 0 Å². The van der Waals surface area contributed by atoms with Gasteiger partial charge in [0.2, 0.25) is 11.8 Å². The predicted octanol–water partition coefficient (Wildman–Crippen LogP) is -0.133. The number of amides is 2. The summed E-state index contributed by atoms with van der Waals surface area (Å²) in [5.41, 5.74) is -0.595. The van der Waals surface area contributed by atoms with Crippen LogP contribution in [0.1, 0.15) is 37.7 Å². The van der Waals surface area contributed by atoms with E-state index in [2.05, 4.69) is 4.98 Å². The minimum absolute atomic E-state index is 0.0103. The summed E-state index contributed by atoms with van der Waals surface area (Å²) < 4.78 is 0.981. The molecule has 2 amide bonds. The lowest BCUT2D eigenvalue weighted by atomic mass is 9.93. The van der Waals surface area contributed by atoms with Gasteiger partial charge in [0.1, 0.15) is 0 Å². The number of likely N-dealkylation sites (tertiary alicyclic amines) is 2. The quantitative estimate of drug-likeness (QED) is 0.789. The molecular weight excluding hydrogens is 336 g/mol. The van der Waals surface area contributed by atoms with Crippen molar-refractivity contribution in [3.8, 4) is 0 Å². The first kappa shape index (κ1) is 18.4. The first-order chi connectivity index (χ1) is 12.5. The van der Waals surface area contributed by atoms with Gasteiger partial charge in [-0.1, -0.05) is 0 Å². The zero-order valence-electron chi connectivity index (χ0n) is 15.2. The van der Waals surface area contributed by atoms with Crippen molar-refractivity contribution >= 4 is 11.8 Å². The second-order valence-electron chi connectivity index (χ2n) is 7.26. The summed E-state index contributed by atoms with van der Waals surface area (Å²) in [7, 11) is 1.39. The summed E-state index contributed by atoms with van der Waals surface area (Å²) in [4.78, 5) is 53.8. The molecule has 0 atom stereocenters. The number of aromatic amines is 1. The molecule has 0 radical (unpaired) electrons. The number of hydrogen-bond acceptors (Lipinski definition) is 4. The minimum Gasteiger partial charge on any atom is -0.343 e. The van der Waals surface area contributed by atoms with Gasteiger partial charge in [-0.25, -0.2) is 4.79 Å². The van der Waals surface area contributed by atoms with Crippen molar-refractivity contribution in [3.63, 3.8) is 0 Å². The zero-order chi connectivity index (χ0) is 18.7. The lowest BCUT2D eigenvalue weighted by Crippen LogP contribution is -2.42. The van der Waals surface area contributed by atoms with Gasteiger partial charge in [0, 0.05) is 51.4 Å². The van der Waals surface area contributed by atoms with Crippen molar-refractivity contribution < 1.29 is 9.59 Å². The van der Waals surface area contributed by atoms with Gasteiger partial charge in [-0.2, -0.15) is 0 Å². The summed E-state index contributed by atoms with van der Waals surface area (Å²) in [6.45, 7) is 3.07. The molecule has 3 rings (SSSR count). The summed E-state index contributed by atoms with van der Waals surface area (Å²) in [6.07, 6.45) is 5.84. The van der Waals surface area contributed by atoms with Crippen LogP contribution in [-0.4, -0.2) is 57.3 Å². The highest BCUT2D eigenvalue weighted by atomic mass is 16.2. The van der Waals surface area contributed by atoms with Crippen LogP contribution >= 0.6 is 0 Å². The van der Waals surface area contributed by atoms with Crippen molar-refractivity contribution in [1.29, 1.82) is 0 Å². The average molecular weight is 362 g/mol. The molecule has 2 fully saturated rings. The molecule has 0 bridgehead atoms. The van der Waals surface area contributed by atoms with Crippen LogP contribution in [0.3, 0.4) is 0 Å². The topological polar surface area (TPSA) is 95.5 Å². The molecule has 0 spiro atoms. The molecule has 2 aliphatic heterocycles. The average Bonchev–Trinajstić information content (AvgIpc) is 3.06. The predicted molar refractivity (Wildman–Crippen MR) is 95.7 cm³/mol. The Balaban J connectivity index is 1.48. The fourth-order valence-corrected chi connectivity index (χ4v) is 3.77. The summed E-state index contributed by atoms with van der Waals surface area (Å²) in [5, 5.41) is 0. The van der Waals surface area contributed by atoms with Gasteiger partial charge < -0.3 is 14.8 Å². The lowest BCUT2D eigenvalue weighted by molar-refractivity contribution is -0.131. The Bertz CT molecular complexity index is 789. The van der Waals surface area contributed by atoms with Crippen LogP contribution < -0.4 is 11.2 Å². The highest BCUT2D eigenvalue weighted by Crippen LogP contribution is 2.22. The SMILES string of the molecule is Cn1c(=O)[nH]cc(CC(=O)N2CCC(CCN3CCCC3=O)CC2)c1=O. The molecule has 0 saturated carbocycles. The molecular formula is C18H26N4O4. The van der Waals surface area contributed by atoms with Gasteiger partial charge in [-0.3, -0.25) is 19.0 Å².